The number of carbonyl (C=O) groups is 4. The number of nitrogens with one attached hydrogen (secondary N) is 2. The number of aromatic nitrogens is 8. The lowest BCUT2D eigenvalue weighted by molar-refractivity contribution is -0.0403. The molecule has 4 aromatic heterocycles. The summed E-state index contributed by atoms with van der Waals surface area (Å²) >= 11 is 0. The van der Waals surface area contributed by atoms with Crippen LogP contribution in [-0.4, -0.2) is 93.0 Å². The topological polar surface area (TPSA) is 228 Å². The first-order chi connectivity index (χ1) is 26.9. The van der Waals surface area contributed by atoms with E-state index in [0.29, 0.717) is 84.2 Å². The number of amides is 4. The van der Waals surface area contributed by atoms with Crippen molar-refractivity contribution in [2.45, 2.75) is 59.6 Å². The first-order valence-electron chi connectivity index (χ1n) is 18.3. The lowest BCUT2D eigenvalue weighted by atomic mass is 10.1. The van der Waals surface area contributed by atoms with Gasteiger partial charge in [0.15, 0.2) is 0 Å². The lowest BCUT2D eigenvalue weighted by Crippen LogP contribution is -2.44. The van der Waals surface area contributed by atoms with Gasteiger partial charge in [0.1, 0.15) is 11.4 Å². The monoisotopic (exact) mass is 759 g/mol. The van der Waals surface area contributed by atoms with Crippen molar-refractivity contribution >= 4 is 57.6 Å². The Kier molecular flexibility index (Phi) is 9.43. The molecule has 56 heavy (non-hydrogen) atoms. The molecular formula is C38H41N13O5. The number of benzene rings is 2. The number of hydrogen-bond acceptors (Lipinski definition) is 10. The predicted octanol–water partition coefficient (Wildman–Crippen LogP) is 2.59. The summed E-state index contributed by atoms with van der Waals surface area (Å²) in [4.78, 5) is 64.1. The van der Waals surface area contributed by atoms with Crippen molar-refractivity contribution < 1.29 is 23.9 Å². The third-order valence-electron chi connectivity index (χ3n) is 9.99. The Labute approximate surface area is 320 Å². The summed E-state index contributed by atoms with van der Waals surface area (Å²) in [6, 6.07) is 11.8. The van der Waals surface area contributed by atoms with Crippen LogP contribution < -0.4 is 22.1 Å². The first kappa shape index (κ1) is 36.3. The van der Waals surface area contributed by atoms with Gasteiger partial charge in [-0.15, -0.1) is 0 Å². The van der Waals surface area contributed by atoms with Crippen LogP contribution in [-0.2, 0) is 37.5 Å². The molecule has 2 aliphatic rings. The highest BCUT2D eigenvalue weighted by Gasteiger charge is 2.27. The summed E-state index contributed by atoms with van der Waals surface area (Å²) in [5.41, 5.74) is 17.2. The predicted molar refractivity (Wildman–Crippen MR) is 206 cm³/mol. The third-order valence-corrected chi connectivity index (χ3v) is 9.99. The van der Waals surface area contributed by atoms with E-state index in [4.69, 9.17) is 26.2 Å². The first-order valence-corrected chi connectivity index (χ1v) is 18.3. The molecule has 2 atom stereocenters. The number of allylic oxidation sites excluding steroid dienone is 2. The highest BCUT2D eigenvalue weighted by atomic mass is 16.5. The summed E-state index contributed by atoms with van der Waals surface area (Å²) in [5, 5.41) is 15.0. The van der Waals surface area contributed by atoms with Gasteiger partial charge in [-0.05, 0) is 68.8 Å². The average molecular weight is 760 g/mol. The third kappa shape index (κ3) is 6.90. The molecule has 2 aliphatic heterocycles. The van der Waals surface area contributed by atoms with E-state index in [0.717, 1.165) is 11.1 Å². The maximum absolute atomic E-state index is 13.9. The van der Waals surface area contributed by atoms with Gasteiger partial charge in [-0.1, -0.05) is 12.2 Å². The van der Waals surface area contributed by atoms with Crippen LogP contribution >= 0.6 is 0 Å². The van der Waals surface area contributed by atoms with Gasteiger partial charge in [0, 0.05) is 50.4 Å². The molecular weight excluding hydrogens is 719 g/mol. The Morgan fingerprint density at radius 1 is 0.911 bits per heavy atom. The molecule has 4 amide bonds. The Morgan fingerprint density at radius 3 is 2.43 bits per heavy atom. The Bertz CT molecular complexity index is 2590. The fourth-order valence-electron chi connectivity index (χ4n) is 7.45. The molecule has 1 fully saturated rings. The van der Waals surface area contributed by atoms with E-state index >= 15 is 0 Å². The van der Waals surface area contributed by atoms with Crippen LogP contribution in [0.4, 0.5) is 11.9 Å². The molecule has 2 bridgehead atoms. The second-order valence-corrected chi connectivity index (χ2v) is 14.0. The Hall–Kier alpha value is -6.66. The van der Waals surface area contributed by atoms with Crippen LogP contribution in [0.25, 0.3) is 22.1 Å². The van der Waals surface area contributed by atoms with Crippen molar-refractivity contribution in [3.63, 3.8) is 0 Å². The number of anilines is 2. The summed E-state index contributed by atoms with van der Waals surface area (Å²) < 4.78 is 13.2. The maximum atomic E-state index is 13.9. The molecule has 0 spiro atoms. The molecule has 2 aromatic carbocycles. The van der Waals surface area contributed by atoms with Gasteiger partial charge in [0.25, 0.3) is 11.8 Å². The minimum atomic E-state index is -0.601. The Morgan fingerprint density at radius 2 is 1.66 bits per heavy atom. The van der Waals surface area contributed by atoms with Crippen LogP contribution in [0, 0.1) is 13.8 Å². The molecule has 6 aromatic rings. The van der Waals surface area contributed by atoms with E-state index in [1.807, 2.05) is 42.1 Å². The molecule has 18 nitrogen and oxygen atoms in total. The van der Waals surface area contributed by atoms with Gasteiger partial charge >= 0.3 is 0 Å². The largest absolute Gasteiger partial charge is 0.374 e. The molecule has 0 saturated carbocycles. The van der Waals surface area contributed by atoms with Crippen molar-refractivity contribution in [1.29, 1.82) is 0 Å². The Balaban J connectivity index is 1.26. The fourth-order valence-corrected chi connectivity index (χ4v) is 7.45. The molecule has 18 heteroatoms. The van der Waals surface area contributed by atoms with E-state index in [-0.39, 0.29) is 42.6 Å². The second kappa shape index (κ2) is 14.5. The molecule has 8 rings (SSSR count). The quantitative estimate of drug-likeness (QED) is 0.188. The standard InChI is InChI=1S/C38H41N13O5/c1-4-50-30(13-21(2)45-50)35(54)44-38-42-28-17-24(34(40)53)15-25-18-47-11-12-56-26(19-47)20-51-31(14-22(3)46-51)36(55)43-37-41-27-16-23(33(39)52)7-8-29(27)48(37)9-5-6-10-49(38)32(25)28/h5-8,13-17,26H,4,9-12,18-20H2,1-3H3,(H2,39,52)(H2,40,53)(H,41,43,55)(H,42,44,54)/b6-5+. The molecule has 6 heterocycles. The number of fused-ring (bicyclic) bond motifs is 6. The number of imidazole rings is 2. The maximum Gasteiger partial charge on any atom is 0.276 e. The fraction of sp³-hybridized carbons (Fsp3) is 0.316. The highest BCUT2D eigenvalue weighted by Crippen LogP contribution is 2.29. The molecule has 0 aliphatic carbocycles. The number of primary amides is 2. The molecule has 288 valence electrons. The normalized spacial score (nSPS) is 18.1. The summed E-state index contributed by atoms with van der Waals surface area (Å²) in [6.45, 7) is 8.84. The van der Waals surface area contributed by atoms with Crippen molar-refractivity contribution in [3.05, 3.63) is 94.1 Å². The van der Waals surface area contributed by atoms with E-state index in [1.54, 1.807) is 51.8 Å². The number of nitrogens with two attached hydrogens (primary N) is 2. The SMILES string of the molecule is CCn1nc(C)cc1C(=O)Nc1nc2cc(C(N)=O)cc3c2n1C/C=C/Cn1c(nc2cc(C(N)=O)ccc21)NC(=O)c1cc(C)nn1CC1CN(CCO1)C3. The molecule has 6 N–H and O–H groups in total. The van der Waals surface area contributed by atoms with Crippen LogP contribution in [0.1, 0.15) is 65.6 Å². The number of hydrogen-bond donors (Lipinski definition) is 4. The smallest absolute Gasteiger partial charge is 0.276 e. The van der Waals surface area contributed by atoms with E-state index < -0.39 is 17.7 Å². The van der Waals surface area contributed by atoms with E-state index in [2.05, 4.69) is 25.7 Å². The van der Waals surface area contributed by atoms with Crippen molar-refractivity contribution in [3.8, 4) is 0 Å². The van der Waals surface area contributed by atoms with Crippen LogP contribution in [0.2, 0.25) is 0 Å². The minimum Gasteiger partial charge on any atom is -0.374 e. The summed E-state index contributed by atoms with van der Waals surface area (Å²) in [7, 11) is 0. The van der Waals surface area contributed by atoms with Gasteiger partial charge in [-0.25, -0.2) is 9.97 Å². The molecule has 1 saturated heterocycles. The second-order valence-electron chi connectivity index (χ2n) is 14.0. The minimum absolute atomic E-state index is 0.257. The number of rotatable bonds is 5. The van der Waals surface area contributed by atoms with Gasteiger partial charge in [0.05, 0.1) is 52.7 Å². The van der Waals surface area contributed by atoms with Crippen molar-refractivity contribution in [2.75, 3.05) is 30.3 Å². The zero-order valence-corrected chi connectivity index (χ0v) is 31.2. The van der Waals surface area contributed by atoms with E-state index in [9.17, 15) is 19.2 Å². The van der Waals surface area contributed by atoms with Gasteiger partial charge in [-0.3, -0.25) is 44.1 Å². The average Bonchev–Trinajstić information content (AvgIpc) is 3.92. The van der Waals surface area contributed by atoms with Crippen LogP contribution in [0.3, 0.4) is 0 Å². The van der Waals surface area contributed by atoms with Crippen molar-refractivity contribution in [1.82, 2.24) is 43.6 Å². The van der Waals surface area contributed by atoms with Gasteiger partial charge in [-0.2, -0.15) is 10.2 Å². The van der Waals surface area contributed by atoms with Gasteiger partial charge < -0.3 is 25.3 Å². The number of carbonyl (C=O) groups excluding carboxylic acids is 4. The lowest BCUT2D eigenvalue weighted by Gasteiger charge is -2.33. The number of aryl methyl sites for hydroxylation is 3. The molecule has 0 radical (unpaired) electrons. The number of morpholine rings is 1. The van der Waals surface area contributed by atoms with Crippen LogP contribution in [0.15, 0.2) is 54.6 Å². The van der Waals surface area contributed by atoms with E-state index in [1.165, 1.54) is 0 Å². The zero-order chi connectivity index (χ0) is 39.2. The van der Waals surface area contributed by atoms with Gasteiger partial charge in [0.2, 0.25) is 23.7 Å². The number of ether oxygens (including phenoxy) is 1. The summed E-state index contributed by atoms with van der Waals surface area (Å²) in [5.74, 6) is -1.47. The summed E-state index contributed by atoms with van der Waals surface area (Å²) in [6.07, 6.45) is 3.51. The highest BCUT2D eigenvalue weighted by molar-refractivity contribution is 6.05. The van der Waals surface area contributed by atoms with Crippen molar-refractivity contribution in [2.24, 2.45) is 11.5 Å². The molecule has 2 unspecified atom stereocenters. The zero-order valence-electron chi connectivity index (χ0n) is 31.2. The number of nitrogens with zero attached hydrogens (tertiary/aromatic N) is 9. The van der Waals surface area contributed by atoms with Crippen LogP contribution in [0.5, 0.6) is 0 Å².